The number of hydrogen-bond donors (Lipinski definition) is 2. The number of carboxylic acid groups (broad SMARTS) is 1. The van der Waals surface area contributed by atoms with Gasteiger partial charge in [0, 0.05) is 35.6 Å². The summed E-state index contributed by atoms with van der Waals surface area (Å²) in [5.74, 6) is -4.32. The third-order valence-electron chi connectivity index (χ3n) is 6.89. The fraction of sp³-hybridized carbons (Fsp3) is 0.300. The molecular formula is C30H29F4N3O6S. The molecule has 0 amide bonds. The number of aliphatic hydroxyl groups is 1. The summed E-state index contributed by atoms with van der Waals surface area (Å²) in [4.78, 5) is 21.1. The van der Waals surface area contributed by atoms with Crippen molar-refractivity contribution in [1.29, 1.82) is 0 Å². The molecule has 4 rings (SSSR count). The predicted molar refractivity (Wildman–Crippen MR) is 150 cm³/mol. The number of aliphatic carboxylic acids is 1. The summed E-state index contributed by atoms with van der Waals surface area (Å²) in [5.41, 5.74) is 3.02. The molecule has 0 radical (unpaired) electrons. The number of aromatic nitrogens is 2. The van der Waals surface area contributed by atoms with Gasteiger partial charge in [0.2, 0.25) is 5.76 Å². The summed E-state index contributed by atoms with van der Waals surface area (Å²) in [6.07, 6.45) is -4.63. The Hall–Kier alpha value is -4.14. The van der Waals surface area contributed by atoms with Gasteiger partial charge in [0.15, 0.2) is 15.6 Å². The standard InChI is InChI=1S/C30H29F4N3O6S/c1-17-24(18(2)36-19(3)35-17)14-37(13-23-8-9-28(43-23)30(32,33)34)12-20-4-6-21(7-5-20)22-10-26(31)25(15-38)27(11-22)44(41,42)16-29(39)40/h4-11,38H,12-16H2,1-3H3,(H,39,40). The monoisotopic (exact) mass is 635 g/mol. The van der Waals surface area contributed by atoms with Crippen LogP contribution in [0.4, 0.5) is 17.6 Å². The van der Waals surface area contributed by atoms with E-state index in [0.717, 1.165) is 40.7 Å². The van der Waals surface area contributed by atoms with Gasteiger partial charge in [-0.15, -0.1) is 0 Å². The van der Waals surface area contributed by atoms with Crippen LogP contribution in [0.25, 0.3) is 11.1 Å². The molecule has 4 aromatic rings. The molecule has 0 aliphatic carbocycles. The molecule has 0 aliphatic rings. The molecule has 2 aromatic carbocycles. The van der Waals surface area contributed by atoms with Crippen LogP contribution in [0.2, 0.25) is 0 Å². The van der Waals surface area contributed by atoms with E-state index >= 15 is 0 Å². The van der Waals surface area contributed by atoms with E-state index in [-0.39, 0.29) is 24.4 Å². The average Bonchev–Trinajstić information content (AvgIpc) is 3.39. The van der Waals surface area contributed by atoms with E-state index in [1.165, 1.54) is 6.07 Å². The van der Waals surface area contributed by atoms with Gasteiger partial charge in [0.1, 0.15) is 17.4 Å². The summed E-state index contributed by atoms with van der Waals surface area (Å²) in [6, 6.07) is 10.9. The SMILES string of the molecule is Cc1nc(C)c(CN(Cc2ccc(-c3cc(F)c(CO)c(S(=O)(=O)CC(=O)O)c3)cc2)Cc2ccc(C(F)(F)F)o2)c(C)n1. The minimum atomic E-state index is -4.63. The first-order chi connectivity index (χ1) is 20.6. The number of alkyl halides is 3. The Morgan fingerprint density at radius 2 is 1.55 bits per heavy atom. The molecule has 2 N–H and O–H groups in total. The van der Waals surface area contributed by atoms with Gasteiger partial charge in [-0.1, -0.05) is 24.3 Å². The maximum atomic E-state index is 14.8. The fourth-order valence-electron chi connectivity index (χ4n) is 4.87. The van der Waals surface area contributed by atoms with Crippen molar-refractivity contribution in [2.75, 3.05) is 5.75 Å². The molecule has 14 heteroatoms. The minimum absolute atomic E-state index is 0.0310. The Balaban J connectivity index is 1.65. The lowest BCUT2D eigenvalue weighted by Gasteiger charge is -2.23. The Morgan fingerprint density at radius 3 is 2.09 bits per heavy atom. The van der Waals surface area contributed by atoms with Gasteiger partial charge in [0.05, 0.1) is 18.0 Å². The largest absolute Gasteiger partial charge is 0.480 e. The van der Waals surface area contributed by atoms with Crippen molar-refractivity contribution < 1.29 is 45.4 Å². The summed E-state index contributed by atoms with van der Waals surface area (Å²) in [7, 11) is -4.45. The second-order valence-corrected chi connectivity index (χ2v) is 12.2. The molecule has 0 bridgehead atoms. The van der Waals surface area contributed by atoms with Crippen molar-refractivity contribution in [1.82, 2.24) is 14.9 Å². The van der Waals surface area contributed by atoms with Gasteiger partial charge in [0.25, 0.3) is 0 Å². The Labute approximate surface area is 250 Å². The normalized spacial score (nSPS) is 12.2. The highest BCUT2D eigenvalue weighted by atomic mass is 32.2. The number of carbonyl (C=O) groups is 1. The lowest BCUT2D eigenvalue weighted by atomic mass is 10.0. The van der Waals surface area contributed by atoms with E-state index in [4.69, 9.17) is 9.52 Å². The van der Waals surface area contributed by atoms with Crippen LogP contribution in [0.15, 0.2) is 57.8 Å². The number of furan rings is 1. The van der Waals surface area contributed by atoms with Crippen molar-refractivity contribution in [2.45, 2.75) is 58.1 Å². The molecule has 0 aliphatic heterocycles. The molecule has 9 nitrogen and oxygen atoms in total. The summed E-state index contributed by atoms with van der Waals surface area (Å²) in [6.45, 7) is 5.04. The average molecular weight is 636 g/mol. The van der Waals surface area contributed by atoms with Crippen LogP contribution in [-0.2, 0) is 47.0 Å². The van der Waals surface area contributed by atoms with Crippen LogP contribution in [0.3, 0.4) is 0 Å². The smallest absolute Gasteiger partial charge is 0.449 e. The van der Waals surface area contributed by atoms with Crippen LogP contribution in [0.5, 0.6) is 0 Å². The van der Waals surface area contributed by atoms with E-state index < -0.39 is 56.4 Å². The number of nitrogens with zero attached hydrogens (tertiary/aromatic N) is 3. The number of benzene rings is 2. The molecule has 0 saturated carbocycles. The van der Waals surface area contributed by atoms with Gasteiger partial charge in [-0.25, -0.2) is 22.8 Å². The second kappa shape index (κ2) is 12.8. The zero-order valence-electron chi connectivity index (χ0n) is 23.9. The molecule has 0 spiro atoms. The number of halogens is 4. The van der Waals surface area contributed by atoms with Crippen molar-refractivity contribution in [2.24, 2.45) is 0 Å². The molecular weight excluding hydrogens is 606 g/mol. The van der Waals surface area contributed by atoms with Gasteiger partial charge in [-0.2, -0.15) is 13.2 Å². The molecule has 44 heavy (non-hydrogen) atoms. The van der Waals surface area contributed by atoms with Crippen LogP contribution in [0, 0.1) is 26.6 Å². The third-order valence-corrected chi connectivity index (χ3v) is 8.55. The predicted octanol–water partition coefficient (Wildman–Crippen LogP) is 5.37. The lowest BCUT2D eigenvalue weighted by molar-refractivity contribution is -0.153. The topological polar surface area (TPSA) is 134 Å². The quantitative estimate of drug-likeness (QED) is 0.209. The highest BCUT2D eigenvalue weighted by molar-refractivity contribution is 7.92. The molecule has 0 fully saturated rings. The van der Waals surface area contributed by atoms with E-state index in [9.17, 15) is 35.9 Å². The summed E-state index contributed by atoms with van der Waals surface area (Å²) >= 11 is 0. The number of rotatable bonds is 11. The van der Waals surface area contributed by atoms with E-state index in [1.54, 1.807) is 31.2 Å². The van der Waals surface area contributed by atoms with Gasteiger partial charge < -0.3 is 14.6 Å². The van der Waals surface area contributed by atoms with Gasteiger partial charge >= 0.3 is 12.1 Å². The van der Waals surface area contributed by atoms with Gasteiger partial charge in [-0.05, 0) is 61.7 Å². The van der Waals surface area contributed by atoms with Crippen molar-refractivity contribution in [3.8, 4) is 11.1 Å². The zero-order chi connectivity index (χ0) is 32.4. The van der Waals surface area contributed by atoms with Crippen LogP contribution in [0.1, 0.15) is 45.4 Å². The van der Waals surface area contributed by atoms with Gasteiger partial charge in [-0.3, -0.25) is 9.69 Å². The maximum absolute atomic E-state index is 14.8. The number of aryl methyl sites for hydroxylation is 3. The molecule has 234 valence electrons. The Kier molecular flexibility index (Phi) is 9.56. The Bertz CT molecular complexity index is 1760. The van der Waals surface area contributed by atoms with E-state index in [2.05, 4.69) is 9.97 Å². The molecule has 0 atom stereocenters. The number of sulfone groups is 1. The van der Waals surface area contributed by atoms with Crippen LogP contribution >= 0.6 is 0 Å². The first kappa shape index (κ1) is 32.8. The molecule has 2 aromatic heterocycles. The summed E-state index contributed by atoms with van der Waals surface area (Å²) in [5, 5.41) is 18.5. The minimum Gasteiger partial charge on any atom is -0.480 e. The fourth-order valence-corrected chi connectivity index (χ4v) is 6.20. The molecule has 0 saturated heterocycles. The van der Waals surface area contributed by atoms with E-state index in [1.807, 2.05) is 18.7 Å². The number of carboxylic acids is 1. The van der Waals surface area contributed by atoms with Crippen molar-refractivity contribution >= 4 is 15.8 Å². The van der Waals surface area contributed by atoms with Crippen LogP contribution < -0.4 is 0 Å². The van der Waals surface area contributed by atoms with Crippen LogP contribution in [-0.4, -0.2) is 45.2 Å². The third kappa shape index (κ3) is 7.68. The molecule has 0 unspecified atom stereocenters. The zero-order valence-corrected chi connectivity index (χ0v) is 24.8. The highest BCUT2D eigenvalue weighted by Crippen LogP contribution is 2.32. The van der Waals surface area contributed by atoms with Crippen molar-refractivity contribution in [3.63, 3.8) is 0 Å². The summed E-state index contributed by atoms with van der Waals surface area (Å²) < 4.78 is 84.6. The first-order valence-corrected chi connectivity index (χ1v) is 14.9. The maximum Gasteiger partial charge on any atom is 0.449 e. The highest BCUT2D eigenvalue weighted by Gasteiger charge is 2.35. The lowest BCUT2D eigenvalue weighted by Crippen LogP contribution is -2.24. The first-order valence-electron chi connectivity index (χ1n) is 13.2. The Morgan fingerprint density at radius 1 is 0.909 bits per heavy atom. The number of aliphatic hydroxyl groups excluding tert-OH is 1. The van der Waals surface area contributed by atoms with E-state index in [0.29, 0.717) is 17.9 Å². The van der Waals surface area contributed by atoms with Crippen molar-refractivity contribution in [3.05, 3.63) is 99.8 Å². The number of hydrogen-bond acceptors (Lipinski definition) is 8. The molecule has 2 heterocycles. The second-order valence-electron chi connectivity index (χ2n) is 10.3.